The van der Waals surface area contributed by atoms with Crippen LogP contribution in [0.4, 0.5) is 5.95 Å². The first-order chi connectivity index (χ1) is 3.70. The third-order valence-electron chi connectivity index (χ3n) is 0.771. The van der Waals surface area contributed by atoms with Crippen LogP contribution in [0.3, 0.4) is 0 Å². The minimum absolute atomic E-state index is 0. The minimum Gasteiger partial charge on any atom is -0.368 e. The van der Waals surface area contributed by atoms with Crippen LogP contribution in [0.5, 0.6) is 0 Å². The molecule has 0 aliphatic rings. The van der Waals surface area contributed by atoms with E-state index < -0.39 is 0 Å². The van der Waals surface area contributed by atoms with Crippen molar-refractivity contribution in [3.8, 4) is 0 Å². The Kier molecular flexibility index (Phi) is 2.93. The van der Waals surface area contributed by atoms with Gasteiger partial charge < -0.3 is 5.73 Å². The molecule has 0 saturated heterocycles. The Balaban J connectivity index is 0.000000640. The number of anilines is 1. The Morgan fingerprint density at radius 3 is 2.33 bits per heavy atom. The summed E-state index contributed by atoms with van der Waals surface area (Å²) in [5.74, 6) is 0.414. The SMILES string of the molecule is Cl.Cn1nc(Br)nc1N. The lowest BCUT2D eigenvalue weighted by Crippen LogP contribution is -1.97. The van der Waals surface area contributed by atoms with Gasteiger partial charge in [0.05, 0.1) is 0 Å². The van der Waals surface area contributed by atoms with Crippen LogP contribution >= 0.6 is 28.3 Å². The van der Waals surface area contributed by atoms with E-state index in [0.717, 1.165) is 0 Å². The Hall–Kier alpha value is -0.290. The lowest BCUT2D eigenvalue weighted by atomic mass is 11.0. The first-order valence-electron chi connectivity index (χ1n) is 2.02. The van der Waals surface area contributed by atoms with Gasteiger partial charge in [0, 0.05) is 7.05 Å². The fourth-order valence-corrected chi connectivity index (χ4v) is 0.784. The topological polar surface area (TPSA) is 56.7 Å². The fourth-order valence-electron chi connectivity index (χ4n) is 0.364. The molecule has 4 nitrogen and oxygen atoms in total. The van der Waals surface area contributed by atoms with E-state index in [4.69, 9.17) is 5.73 Å². The highest BCUT2D eigenvalue weighted by Gasteiger charge is 1.96. The number of aromatic nitrogens is 3. The summed E-state index contributed by atoms with van der Waals surface area (Å²) in [4.78, 5) is 3.76. The second-order valence-electron chi connectivity index (χ2n) is 1.36. The highest BCUT2D eigenvalue weighted by molar-refractivity contribution is 9.10. The van der Waals surface area contributed by atoms with E-state index in [1.54, 1.807) is 7.05 Å². The van der Waals surface area contributed by atoms with Gasteiger partial charge in [0.1, 0.15) is 0 Å². The Labute approximate surface area is 67.0 Å². The van der Waals surface area contributed by atoms with E-state index in [0.29, 0.717) is 10.7 Å². The summed E-state index contributed by atoms with van der Waals surface area (Å²) in [6.07, 6.45) is 0. The quantitative estimate of drug-likeness (QED) is 0.686. The Bertz CT molecular complexity index is 178. The van der Waals surface area contributed by atoms with Crippen molar-refractivity contribution in [2.75, 3.05) is 5.73 Å². The first kappa shape index (κ1) is 8.71. The predicted octanol–water partition coefficient (Wildman–Crippen LogP) is 0.582. The Morgan fingerprint density at radius 2 is 2.22 bits per heavy atom. The molecule has 1 rings (SSSR count). The maximum Gasteiger partial charge on any atom is 0.219 e. The lowest BCUT2D eigenvalue weighted by Gasteiger charge is -1.84. The smallest absolute Gasteiger partial charge is 0.219 e. The van der Waals surface area contributed by atoms with Crippen molar-refractivity contribution in [3.63, 3.8) is 0 Å². The molecule has 1 aromatic rings. The maximum atomic E-state index is 5.30. The summed E-state index contributed by atoms with van der Waals surface area (Å²) in [5.41, 5.74) is 5.30. The number of aryl methyl sites for hydroxylation is 1. The summed E-state index contributed by atoms with van der Waals surface area (Å²) in [6.45, 7) is 0. The predicted molar refractivity (Wildman–Crippen MR) is 40.4 cm³/mol. The summed E-state index contributed by atoms with van der Waals surface area (Å²) in [5, 5.41) is 3.81. The van der Waals surface area contributed by atoms with Crippen molar-refractivity contribution in [2.45, 2.75) is 0 Å². The van der Waals surface area contributed by atoms with E-state index in [1.807, 2.05) is 0 Å². The van der Waals surface area contributed by atoms with Crippen LogP contribution in [-0.4, -0.2) is 14.8 Å². The van der Waals surface area contributed by atoms with E-state index in [9.17, 15) is 0 Å². The molecule has 0 radical (unpaired) electrons. The van der Waals surface area contributed by atoms with Gasteiger partial charge in [-0.3, -0.25) is 0 Å². The largest absolute Gasteiger partial charge is 0.368 e. The third-order valence-corrected chi connectivity index (χ3v) is 1.11. The average molecular weight is 213 g/mol. The van der Waals surface area contributed by atoms with E-state index in [-0.39, 0.29) is 12.4 Å². The third kappa shape index (κ3) is 1.83. The van der Waals surface area contributed by atoms with Gasteiger partial charge in [-0.25, -0.2) is 4.68 Å². The molecule has 0 fully saturated rings. The molecule has 1 heterocycles. The maximum absolute atomic E-state index is 5.30. The molecular formula is C3H6BrClN4. The van der Waals surface area contributed by atoms with Crippen molar-refractivity contribution in [1.82, 2.24) is 14.8 Å². The van der Waals surface area contributed by atoms with Crippen LogP contribution in [0.25, 0.3) is 0 Å². The van der Waals surface area contributed by atoms with Crippen LogP contribution in [0.1, 0.15) is 0 Å². The number of nitrogens with two attached hydrogens (primary N) is 1. The van der Waals surface area contributed by atoms with E-state index in [1.165, 1.54) is 4.68 Å². The average Bonchev–Trinajstić information content (AvgIpc) is 1.85. The molecule has 0 aromatic carbocycles. The molecule has 0 atom stereocenters. The van der Waals surface area contributed by atoms with Gasteiger partial charge in [0.15, 0.2) is 0 Å². The fraction of sp³-hybridized carbons (Fsp3) is 0.333. The molecule has 0 unspecified atom stereocenters. The highest BCUT2D eigenvalue weighted by Crippen LogP contribution is 2.02. The second-order valence-corrected chi connectivity index (χ2v) is 2.07. The molecule has 0 amide bonds. The number of hydrogen-bond donors (Lipinski definition) is 1. The van der Waals surface area contributed by atoms with Crippen molar-refractivity contribution < 1.29 is 0 Å². The van der Waals surface area contributed by atoms with E-state index in [2.05, 4.69) is 26.0 Å². The van der Waals surface area contributed by atoms with Crippen molar-refractivity contribution in [2.24, 2.45) is 7.05 Å². The summed E-state index contributed by atoms with van der Waals surface area (Å²) in [6, 6.07) is 0. The second kappa shape index (κ2) is 3.03. The molecule has 2 N–H and O–H groups in total. The summed E-state index contributed by atoms with van der Waals surface area (Å²) < 4.78 is 2.02. The number of hydrogen-bond acceptors (Lipinski definition) is 3. The number of rotatable bonds is 0. The van der Waals surface area contributed by atoms with Crippen molar-refractivity contribution in [1.29, 1.82) is 0 Å². The summed E-state index contributed by atoms with van der Waals surface area (Å²) in [7, 11) is 1.73. The number of nitrogen functional groups attached to an aromatic ring is 1. The van der Waals surface area contributed by atoms with Gasteiger partial charge >= 0.3 is 0 Å². The van der Waals surface area contributed by atoms with Gasteiger partial charge in [-0.15, -0.1) is 17.5 Å². The standard InChI is InChI=1S/C3H5BrN4.ClH/c1-8-3(5)6-2(4)7-8;/h1H3,(H2,5,6,7);1H. The molecule has 0 aliphatic heterocycles. The zero-order valence-electron chi connectivity index (χ0n) is 4.71. The molecule has 0 aliphatic carbocycles. The molecule has 6 heteroatoms. The van der Waals surface area contributed by atoms with Crippen LogP contribution in [0.2, 0.25) is 0 Å². The lowest BCUT2D eigenvalue weighted by molar-refractivity contribution is 0.771. The number of halogens is 2. The minimum atomic E-state index is 0. The molecule has 52 valence electrons. The normalized spacial score (nSPS) is 8.67. The van der Waals surface area contributed by atoms with Gasteiger partial charge in [0.2, 0.25) is 10.7 Å². The monoisotopic (exact) mass is 212 g/mol. The zero-order chi connectivity index (χ0) is 6.15. The molecule has 9 heavy (non-hydrogen) atoms. The zero-order valence-corrected chi connectivity index (χ0v) is 7.11. The van der Waals surface area contributed by atoms with Crippen molar-refractivity contribution >= 4 is 34.3 Å². The van der Waals surface area contributed by atoms with Crippen LogP contribution < -0.4 is 5.73 Å². The molecule has 1 aromatic heterocycles. The van der Waals surface area contributed by atoms with Crippen LogP contribution in [0, 0.1) is 0 Å². The molecule has 0 saturated carbocycles. The highest BCUT2D eigenvalue weighted by atomic mass is 79.9. The van der Waals surface area contributed by atoms with Crippen LogP contribution in [0.15, 0.2) is 4.73 Å². The molecule has 0 spiro atoms. The number of nitrogens with zero attached hydrogens (tertiary/aromatic N) is 3. The van der Waals surface area contributed by atoms with Gasteiger partial charge in [0.25, 0.3) is 0 Å². The van der Waals surface area contributed by atoms with Gasteiger partial charge in [-0.2, -0.15) is 4.98 Å². The Morgan fingerprint density at radius 1 is 1.67 bits per heavy atom. The molecular weight excluding hydrogens is 207 g/mol. The van der Waals surface area contributed by atoms with E-state index >= 15 is 0 Å². The first-order valence-corrected chi connectivity index (χ1v) is 2.81. The van der Waals surface area contributed by atoms with Crippen LogP contribution in [-0.2, 0) is 7.05 Å². The molecule has 0 bridgehead atoms. The van der Waals surface area contributed by atoms with Gasteiger partial charge in [-0.05, 0) is 15.9 Å². The summed E-state index contributed by atoms with van der Waals surface area (Å²) >= 11 is 3.06. The van der Waals surface area contributed by atoms with Gasteiger partial charge in [-0.1, -0.05) is 0 Å². The van der Waals surface area contributed by atoms with Crippen molar-refractivity contribution in [3.05, 3.63) is 4.73 Å².